The van der Waals surface area contributed by atoms with Crippen LogP contribution < -0.4 is 14.3 Å². The Labute approximate surface area is 229 Å². The first-order valence-corrected chi connectivity index (χ1v) is 15.0. The number of nitrogens with one attached hydrogen (secondary N) is 2. The molecule has 0 aliphatic heterocycles. The van der Waals surface area contributed by atoms with E-state index in [1.54, 1.807) is 48.5 Å². The molecule has 0 radical (unpaired) electrons. The number of hydrogen-bond donors (Lipinski definition) is 2. The van der Waals surface area contributed by atoms with Crippen LogP contribution in [0.1, 0.15) is 16.7 Å². The molecule has 0 fully saturated rings. The number of carbonyl (C=O) groups is 1. The lowest BCUT2D eigenvalue weighted by molar-refractivity contribution is -0.114. The van der Waals surface area contributed by atoms with E-state index in [2.05, 4.69) is 10.0 Å². The van der Waals surface area contributed by atoms with Gasteiger partial charge in [-0.1, -0.05) is 36.4 Å². The van der Waals surface area contributed by atoms with Crippen LogP contribution in [0.4, 0.5) is 17.1 Å². The number of benzene rings is 4. The fourth-order valence-electron chi connectivity index (χ4n) is 4.10. The second-order valence-electron chi connectivity index (χ2n) is 9.22. The Morgan fingerprint density at radius 3 is 1.92 bits per heavy atom. The van der Waals surface area contributed by atoms with Gasteiger partial charge in [0.1, 0.15) is 6.54 Å². The van der Waals surface area contributed by atoms with Crippen molar-refractivity contribution in [2.24, 2.45) is 0 Å². The highest BCUT2D eigenvalue weighted by molar-refractivity contribution is 7.93. The number of aryl methyl sites for hydroxylation is 3. The number of anilines is 3. The second-order valence-corrected chi connectivity index (χ2v) is 12.8. The zero-order valence-electron chi connectivity index (χ0n) is 21.7. The zero-order valence-corrected chi connectivity index (χ0v) is 23.4. The highest BCUT2D eigenvalue weighted by Gasteiger charge is 2.27. The molecule has 202 valence electrons. The molecule has 0 aliphatic rings. The molecule has 1 amide bonds. The van der Waals surface area contributed by atoms with E-state index in [-0.39, 0.29) is 9.79 Å². The molecule has 4 aromatic rings. The van der Waals surface area contributed by atoms with Crippen LogP contribution in [0.25, 0.3) is 0 Å². The summed E-state index contributed by atoms with van der Waals surface area (Å²) < 4.78 is 56.2. The Kier molecular flexibility index (Phi) is 8.08. The minimum atomic E-state index is -4.05. The quantitative estimate of drug-likeness (QED) is 0.289. The van der Waals surface area contributed by atoms with Crippen molar-refractivity contribution < 1.29 is 21.6 Å². The van der Waals surface area contributed by atoms with Gasteiger partial charge in [0, 0.05) is 11.4 Å². The van der Waals surface area contributed by atoms with Gasteiger partial charge in [-0.15, -0.1) is 0 Å². The summed E-state index contributed by atoms with van der Waals surface area (Å²) in [5.41, 5.74) is 3.77. The normalized spacial score (nSPS) is 11.6. The average molecular weight is 564 g/mol. The van der Waals surface area contributed by atoms with Gasteiger partial charge in [-0.2, -0.15) is 0 Å². The Morgan fingerprint density at radius 1 is 0.667 bits per heavy atom. The van der Waals surface area contributed by atoms with Crippen molar-refractivity contribution in [1.82, 2.24) is 0 Å². The second kappa shape index (κ2) is 11.3. The number of carbonyl (C=O) groups excluding carboxylic acids is 1. The van der Waals surface area contributed by atoms with Crippen LogP contribution in [0.5, 0.6) is 0 Å². The van der Waals surface area contributed by atoms with Crippen molar-refractivity contribution in [2.45, 2.75) is 30.6 Å². The molecule has 0 saturated carbocycles. The Balaban J connectivity index is 1.54. The van der Waals surface area contributed by atoms with Crippen LogP contribution >= 0.6 is 0 Å². The first-order chi connectivity index (χ1) is 18.4. The van der Waals surface area contributed by atoms with Gasteiger partial charge in [0.2, 0.25) is 5.91 Å². The molecule has 4 aromatic carbocycles. The highest BCUT2D eigenvalue weighted by atomic mass is 32.2. The van der Waals surface area contributed by atoms with E-state index in [1.807, 2.05) is 32.9 Å². The fourth-order valence-corrected chi connectivity index (χ4v) is 6.58. The maximum Gasteiger partial charge on any atom is 0.264 e. The van der Waals surface area contributed by atoms with Crippen LogP contribution in [0.15, 0.2) is 107 Å². The molecule has 4 rings (SSSR count). The van der Waals surface area contributed by atoms with Crippen LogP contribution in [0, 0.1) is 20.8 Å². The molecule has 39 heavy (non-hydrogen) atoms. The third-order valence-corrected chi connectivity index (χ3v) is 9.02. The Hall–Kier alpha value is -4.15. The maximum atomic E-state index is 13.5. The van der Waals surface area contributed by atoms with Crippen molar-refractivity contribution in [2.75, 3.05) is 20.9 Å². The van der Waals surface area contributed by atoms with Gasteiger partial charge in [-0.25, -0.2) is 16.8 Å². The molecule has 8 nitrogen and oxygen atoms in total. The van der Waals surface area contributed by atoms with Crippen molar-refractivity contribution in [1.29, 1.82) is 0 Å². The Morgan fingerprint density at radius 2 is 1.31 bits per heavy atom. The molecule has 10 heteroatoms. The topological polar surface area (TPSA) is 113 Å². The number of nitrogens with zero attached hydrogens (tertiary/aromatic N) is 1. The van der Waals surface area contributed by atoms with Gasteiger partial charge in [0.25, 0.3) is 20.0 Å². The lowest BCUT2D eigenvalue weighted by Crippen LogP contribution is -2.38. The van der Waals surface area contributed by atoms with E-state index in [0.29, 0.717) is 17.1 Å². The lowest BCUT2D eigenvalue weighted by Gasteiger charge is -2.25. The maximum absolute atomic E-state index is 13.5. The smallest absolute Gasteiger partial charge is 0.264 e. The number of hydrogen-bond acceptors (Lipinski definition) is 5. The molecule has 0 saturated heterocycles. The van der Waals surface area contributed by atoms with E-state index in [0.717, 1.165) is 21.0 Å². The summed E-state index contributed by atoms with van der Waals surface area (Å²) in [6.07, 6.45) is 0. The molecule has 0 bridgehead atoms. The summed E-state index contributed by atoms with van der Waals surface area (Å²) in [4.78, 5) is 13.1. The first-order valence-electron chi connectivity index (χ1n) is 12.1. The predicted octanol–water partition coefficient (Wildman–Crippen LogP) is 5.25. The van der Waals surface area contributed by atoms with Crippen LogP contribution in [0.3, 0.4) is 0 Å². The molecule has 0 atom stereocenters. The summed E-state index contributed by atoms with van der Waals surface area (Å²) >= 11 is 0. The third-order valence-electron chi connectivity index (χ3n) is 5.83. The molecule has 0 unspecified atom stereocenters. The van der Waals surface area contributed by atoms with Crippen LogP contribution in [-0.2, 0) is 24.8 Å². The summed E-state index contributed by atoms with van der Waals surface area (Å²) in [5, 5.41) is 2.67. The van der Waals surface area contributed by atoms with E-state index in [4.69, 9.17) is 0 Å². The van der Waals surface area contributed by atoms with Gasteiger partial charge in [0.15, 0.2) is 0 Å². The highest BCUT2D eigenvalue weighted by Crippen LogP contribution is 2.26. The van der Waals surface area contributed by atoms with Gasteiger partial charge in [0.05, 0.1) is 15.5 Å². The standard InChI is InChI=1S/C29H29N3O5S2/c1-21-8-7-9-25(17-21)31-38(34,35)27-14-12-24(13-15-27)30-29(33)20-32(26-18-22(2)16-23(3)19-26)39(36,37)28-10-5-4-6-11-28/h4-19,31H,20H2,1-3H3,(H,30,33). The van der Waals surface area contributed by atoms with Gasteiger partial charge in [-0.05, 0) is 98.1 Å². The molecule has 0 spiro atoms. The molecule has 0 aromatic heterocycles. The molecule has 2 N–H and O–H groups in total. The zero-order chi connectivity index (χ0) is 28.2. The monoisotopic (exact) mass is 563 g/mol. The largest absolute Gasteiger partial charge is 0.325 e. The van der Waals surface area contributed by atoms with Crippen LogP contribution in [0.2, 0.25) is 0 Å². The van der Waals surface area contributed by atoms with Gasteiger partial charge in [-0.3, -0.25) is 13.8 Å². The molecule has 0 aliphatic carbocycles. The van der Waals surface area contributed by atoms with E-state index >= 15 is 0 Å². The fraction of sp³-hybridized carbons (Fsp3) is 0.138. The van der Waals surface area contributed by atoms with Gasteiger partial charge >= 0.3 is 0 Å². The minimum absolute atomic E-state index is 0.0190. The average Bonchev–Trinajstić information content (AvgIpc) is 2.87. The minimum Gasteiger partial charge on any atom is -0.325 e. The summed E-state index contributed by atoms with van der Waals surface area (Å²) in [5.74, 6) is -0.581. The number of rotatable bonds is 9. The van der Waals surface area contributed by atoms with Crippen molar-refractivity contribution >= 4 is 43.0 Å². The SMILES string of the molecule is Cc1cccc(NS(=O)(=O)c2ccc(NC(=O)CN(c3cc(C)cc(C)c3)S(=O)(=O)c3ccccc3)cc2)c1. The summed E-state index contributed by atoms with van der Waals surface area (Å²) in [6.45, 7) is 5.09. The van der Waals surface area contributed by atoms with Crippen molar-refractivity contribution in [3.63, 3.8) is 0 Å². The number of sulfonamides is 2. The summed E-state index contributed by atoms with van der Waals surface area (Å²) in [6, 6.07) is 25.9. The van der Waals surface area contributed by atoms with Crippen LogP contribution in [-0.4, -0.2) is 29.3 Å². The van der Waals surface area contributed by atoms with Crippen molar-refractivity contribution in [3.05, 3.63) is 114 Å². The lowest BCUT2D eigenvalue weighted by atomic mass is 10.1. The predicted molar refractivity (Wildman–Crippen MR) is 154 cm³/mol. The Bertz CT molecular complexity index is 1680. The van der Waals surface area contributed by atoms with Gasteiger partial charge < -0.3 is 5.32 Å². The third kappa shape index (κ3) is 6.84. The van der Waals surface area contributed by atoms with E-state index < -0.39 is 32.5 Å². The molecular formula is C29H29N3O5S2. The molecular weight excluding hydrogens is 534 g/mol. The molecule has 0 heterocycles. The van der Waals surface area contributed by atoms with Crippen molar-refractivity contribution in [3.8, 4) is 0 Å². The van der Waals surface area contributed by atoms with E-state index in [9.17, 15) is 21.6 Å². The van der Waals surface area contributed by atoms with E-state index in [1.165, 1.54) is 36.4 Å². The first kappa shape index (κ1) is 27.9. The number of amides is 1. The summed E-state index contributed by atoms with van der Waals surface area (Å²) in [7, 11) is -7.89.